The fourth-order valence-corrected chi connectivity index (χ4v) is 5.22. The molecule has 1 heterocycles. The van der Waals surface area contributed by atoms with E-state index in [1.165, 1.54) is 60.1 Å². The SMILES string of the molecule is CCC(C)(C)c1cc(-c2cc(C(=O)NCC(C)(C)O)n(C)c2CC2CCCCC2)cc(C(C)(C)C)c1. The van der Waals surface area contributed by atoms with Crippen molar-refractivity contribution in [3.05, 3.63) is 46.8 Å². The summed E-state index contributed by atoms with van der Waals surface area (Å²) < 4.78 is 2.11. The van der Waals surface area contributed by atoms with E-state index >= 15 is 0 Å². The van der Waals surface area contributed by atoms with E-state index in [9.17, 15) is 9.90 Å². The molecule has 2 N–H and O–H groups in total. The molecule has 1 amide bonds. The summed E-state index contributed by atoms with van der Waals surface area (Å²) in [5.41, 5.74) is 6.14. The van der Waals surface area contributed by atoms with E-state index < -0.39 is 5.60 Å². The highest BCUT2D eigenvalue weighted by Crippen LogP contribution is 2.39. The van der Waals surface area contributed by atoms with Gasteiger partial charge in [0.1, 0.15) is 5.69 Å². The molecule has 1 aromatic carbocycles. The lowest BCUT2D eigenvalue weighted by molar-refractivity contribution is 0.0690. The topological polar surface area (TPSA) is 54.3 Å². The van der Waals surface area contributed by atoms with Gasteiger partial charge in [-0.2, -0.15) is 0 Å². The quantitative estimate of drug-likeness (QED) is 0.404. The van der Waals surface area contributed by atoms with Gasteiger partial charge in [-0.05, 0) is 66.2 Å². The van der Waals surface area contributed by atoms with Gasteiger partial charge in [-0.1, -0.05) is 91.8 Å². The number of carbonyl (C=O) groups excluding carboxylic acids is 1. The van der Waals surface area contributed by atoms with Crippen LogP contribution in [0.3, 0.4) is 0 Å². The van der Waals surface area contributed by atoms with Gasteiger partial charge in [0.15, 0.2) is 0 Å². The van der Waals surface area contributed by atoms with Crippen molar-refractivity contribution in [3.8, 4) is 11.1 Å². The van der Waals surface area contributed by atoms with E-state index in [-0.39, 0.29) is 23.3 Å². The Labute approximate surface area is 219 Å². The Kier molecular flexibility index (Phi) is 8.50. The second-order valence-corrected chi connectivity index (χ2v) is 13.4. The summed E-state index contributed by atoms with van der Waals surface area (Å²) in [4.78, 5) is 13.3. The van der Waals surface area contributed by atoms with Crippen LogP contribution in [0.2, 0.25) is 0 Å². The van der Waals surface area contributed by atoms with E-state index in [1.807, 2.05) is 7.05 Å². The standard InChI is InChI=1S/C32H50N2O2/c1-10-31(5,6)25-18-23(17-24(19-25)30(2,3)4)26-20-28(29(35)33-21-32(7,8)36)34(9)27(26)16-22-14-12-11-13-15-22/h17-20,22,36H,10-16,21H2,1-9H3,(H,33,35). The maximum absolute atomic E-state index is 13.3. The molecule has 1 fully saturated rings. The van der Waals surface area contributed by atoms with Gasteiger partial charge < -0.3 is 15.0 Å². The monoisotopic (exact) mass is 494 g/mol. The number of rotatable bonds is 8. The van der Waals surface area contributed by atoms with Gasteiger partial charge in [-0.15, -0.1) is 0 Å². The summed E-state index contributed by atoms with van der Waals surface area (Å²) >= 11 is 0. The largest absolute Gasteiger partial charge is 0.389 e. The molecule has 1 aliphatic rings. The minimum Gasteiger partial charge on any atom is -0.389 e. The van der Waals surface area contributed by atoms with Crippen molar-refractivity contribution in [3.63, 3.8) is 0 Å². The van der Waals surface area contributed by atoms with E-state index in [0.29, 0.717) is 11.6 Å². The summed E-state index contributed by atoms with van der Waals surface area (Å²) in [6.45, 7) is 17.4. The van der Waals surface area contributed by atoms with Crippen molar-refractivity contribution in [1.29, 1.82) is 0 Å². The lowest BCUT2D eigenvalue weighted by Crippen LogP contribution is -2.38. The van der Waals surface area contributed by atoms with E-state index in [0.717, 1.165) is 12.8 Å². The lowest BCUT2D eigenvalue weighted by atomic mass is 9.76. The first-order valence-electron chi connectivity index (χ1n) is 14.0. The van der Waals surface area contributed by atoms with Crippen LogP contribution in [0.15, 0.2) is 24.3 Å². The maximum Gasteiger partial charge on any atom is 0.268 e. The van der Waals surface area contributed by atoms with Gasteiger partial charge >= 0.3 is 0 Å². The number of nitrogens with one attached hydrogen (secondary N) is 1. The molecule has 0 radical (unpaired) electrons. The number of hydrogen-bond donors (Lipinski definition) is 2. The minimum atomic E-state index is -0.948. The molecule has 0 saturated heterocycles. The predicted molar refractivity (Wildman–Crippen MR) is 152 cm³/mol. The minimum absolute atomic E-state index is 0.0276. The van der Waals surface area contributed by atoms with Crippen LogP contribution in [0.5, 0.6) is 0 Å². The molecule has 1 aromatic heterocycles. The van der Waals surface area contributed by atoms with Crippen LogP contribution in [-0.2, 0) is 24.3 Å². The van der Waals surface area contributed by atoms with Gasteiger partial charge in [0.05, 0.1) is 5.60 Å². The molecule has 0 atom stereocenters. The molecule has 4 heteroatoms. The normalized spacial score (nSPS) is 15.8. The zero-order valence-corrected chi connectivity index (χ0v) is 24.3. The Hall–Kier alpha value is -2.07. The maximum atomic E-state index is 13.3. The summed E-state index contributed by atoms with van der Waals surface area (Å²) in [6.07, 6.45) is 8.53. The Balaban J connectivity index is 2.16. The van der Waals surface area contributed by atoms with Gasteiger partial charge in [0.25, 0.3) is 5.91 Å². The number of nitrogens with zero attached hydrogens (tertiary/aromatic N) is 1. The average Bonchev–Trinajstić information content (AvgIpc) is 3.13. The molecule has 2 aromatic rings. The Bertz CT molecular complexity index is 1060. The van der Waals surface area contributed by atoms with Crippen LogP contribution < -0.4 is 5.32 Å². The predicted octanol–water partition coefficient (Wildman–Crippen LogP) is 7.30. The first-order valence-corrected chi connectivity index (χ1v) is 14.0. The molecule has 4 nitrogen and oxygen atoms in total. The molecule has 36 heavy (non-hydrogen) atoms. The number of aromatic nitrogens is 1. The van der Waals surface area contributed by atoms with Crippen LogP contribution >= 0.6 is 0 Å². The summed E-state index contributed by atoms with van der Waals surface area (Å²) in [5.74, 6) is 0.535. The molecular weight excluding hydrogens is 444 g/mol. The smallest absolute Gasteiger partial charge is 0.268 e. The molecule has 0 bridgehead atoms. The fourth-order valence-electron chi connectivity index (χ4n) is 5.22. The number of benzene rings is 1. The van der Waals surface area contributed by atoms with Crippen molar-refractivity contribution in [1.82, 2.24) is 9.88 Å². The van der Waals surface area contributed by atoms with Crippen molar-refractivity contribution in [2.75, 3.05) is 6.54 Å². The first-order chi connectivity index (χ1) is 16.6. The Morgan fingerprint density at radius 3 is 2.14 bits per heavy atom. The third kappa shape index (κ3) is 6.82. The molecule has 0 spiro atoms. The second kappa shape index (κ2) is 10.7. The van der Waals surface area contributed by atoms with E-state index in [1.54, 1.807) is 13.8 Å². The highest BCUT2D eigenvalue weighted by atomic mass is 16.3. The van der Waals surface area contributed by atoms with Crippen molar-refractivity contribution >= 4 is 5.91 Å². The second-order valence-electron chi connectivity index (χ2n) is 13.4. The molecular formula is C32H50N2O2. The average molecular weight is 495 g/mol. The van der Waals surface area contributed by atoms with Gasteiger partial charge in [0.2, 0.25) is 0 Å². The number of hydrogen-bond acceptors (Lipinski definition) is 2. The molecule has 1 aliphatic carbocycles. The number of aliphatic hydroxyl groups is 1. The van der Waals surface area contributed by atoms with Crippen LogP contribution in [0.1, 0.15) is 121 Å². The zero-order chi connectivity index (χ0) is 26.9. The lowest BCUT2D eigenvalue weighted by Gasteiger charge is -2.28. The van der Waals surface area contributed by atoms with Crippen LogP contribution in [0.4, 0.5) is 0 Å². The first kappa shape index (κ1) is 28.5. The fraction of sp³-hybridized carbons (Fsp3) is 0.656. The molecule has 0 unspecified atom stereocenters. The van der Waals surface area contributed by atoms with E-state index in [4.69, 9.17) is 0 Å². The molecule has 1 saturated carbocycles. The highest BCUT2D eigenvalue weighted by molar-refractivity contribution is 5.95. The van der Waals surface area contributed by atoms with Gasteiger partial charge in [-0.3, -0.25) is 4.79 Å². The molecule has 0 aliphatic heterocycles. The third-order valence-electron chi connectivity index (χ3n) is 8.25. The van der Waals surface area contributed by atoms with Crippen LogP contribution in [-0.4, -0.2) is 27.7 Å². The van der Waals surface area contributed by atoms with Crippen LogP contribution in [0, 0.1) is 5.92 Å². The number of amides is 1. The van der Waals surface area contributed by atoms with Crippen LogP contribution in [0.25, 0.3) is 11.1 Å². The van der Waals surface area contributed by atoms with Crippen molar-refractivity contribution in [2.45, 2.75) is 117 Å². The summed E-state index contributed by atoms with van der Waals surface area (Å²) in [5, 5.41) is 13.1. The van der Waals surface area contributed by atoms with Gasteiger partial charge in [0, 0.05) is 24.8 Å². The Morgan fingerprint density at radius 2 is 1.58 bits per heavy atom. The molecule has 3 rings (SSSR count). The van der Waals surface area contributed by atoms with E-state index in [2.05, 4.69) is 75.7 Å². The van der Waals surface area contributed by atoms with Crippen molar-refractivity contribution < 1.29 is 9.90 Å². The van der Waals surface area contributed by atoms with Gasteiger partial charge in [-0.25, -0.2) is 0 Å². The molecule has 200 valence electrons. The number of carbonyl (C=O) groups is 1. The third-order valence-corrected chi connectivity index (χ3v) is 8.25. The highest BCUT2D eigenvalue weighted by Gasteiger charge is 2.27. The van der Waals surface area contributed by atoms with Crippen molar-refractivity contribution in [2.24, 2.45) is 13.0 Å². The Morgan fingerprint density at radius 1 is 0.972 bits per heavy atom. The zero-order valence-electron chi connectivity index (χ0n) is 24.3. The summed E-state index contributed by atoms with van der Waals surface area (Å²) in [7, 11) is 2.03. The summed E-state index contributed by atoms with van der Waals surface area (Å²) in [6, 6.07) is 9.17.